The van der Waals surface area contributed by atoms with Crippen molar-refractivity contribution in [1.82, 2.24) is 0 Å². The third-order valence-electron chi connectivity index (χ3n) is 1.61. The van der Waals surface area contributed by atoms with E-state index in [1.807, 2.05) is 24.3 Å². The molecule has 0 saturated carbocycles. The molecule has 0 aliphatic rings. The number of aliphatic hydroxyl groups is 1. The molecule has 0 fully saturated rings. The van der Waals surface area contributed by atoms with Crippen LogP contribution in [0, 0.1) is 0 Å². The van der Waals surface area contributed by atoms with E-state index in [-0.39, 0.29) is 6.61 Å². The van der Waals surface area contributed by atoms with Gasteiger partial charge in [0, 0.05) is 12.3 Å². The molecule has 1 rings (SSSR count). The summed E-state index contributed by atoms with van der Waals surface area (Å²) in [6.07, 6.45) is 0.686. The van der Waals surface area contributed by atoms with Crippen LogP contribution in [0.3, 0.4) is 0 Å². The number of anilines is 1. The molecular formula is C9H11NOS2. The zero-order valence-electron chi connectivity index (χ0n) is 7.03. The molecule has 0 saturated heterocycles. The molecule has 0 aliphatic heterocycles. The lowest BCUT2D eigenvalue weighted by Gasteiger charge is -2.03. The molecule has 2 nitrogen and oxygen atoms in total. The predicted molar refractivity (Wildman–Crippen MR) is 62.4 cm³/mol. The Balaban J connectivity index is 2.64. The summed E-state index contributed by atoms with van der Waals surface area (Å²) < 4.78 is 0.454. The fraction of sp³-hybridized carbons (Fsp3) is 0.222. The van der Waals surface area contributed by atoms with E-state index in [4.69, 9.17) is 17.3 Å². The molecule has 1 aromatic rings. The van der Waals surface area contributed by atoms with Crippen molar-refractivity contribution in [3.63, 3.8) is 0 Å². The van der Waals surface area contributed by atoms with Crippen molar-refractivity contribution in [2.45, 2.75) is 6.42 Å². The van der Waals surface area contributed by atoms with Gasteiger partial charge in [0.25, 0.3) is 0 Å². The van der Waals surface area contributed by atoms with Crippen molar-refractivity contribution in [3.8, 4) is 0 Å². The van der Waals surface area contributed by atoms with Gasteiger partial charge in [-0.1, -0.05) is 24.4 Å². The molecule has 4 heteroatoms. The van der Waals surface area contributed by atoms with Crippen LogP contribution < -0.4 is 5.32 Å². The lowest BCUT2D eigenvalue weighted by molar-refractivity contribution is 0.299. The maximum Gasteiger partial charge on any atom is 0.135 e. The summed E-state index contributed by atoms with van der Waals surface area (Å²) in [6, 6.07) is 7.72. The van der Waals surface area contributed by atoms with Gasteiger partial charge in [-0.2, -0.15) is 0 Å². The Kier molecular flexibility index (Phi) is 4.21. The Morgan fingerprint density at radius 3 is 2.46 bits per heavy atom. The normalized spacial score (nSPS) is 9.69. The average Bonchev–Trinajstić information content (AvgIpc) is 2.08. The molecule has 0 spiro atoms. The van der Waals surface area contributed by atoms with E-state index in [1.54, 1.807) is 0 Å². The molecule has 70 valence electrons. The Hall–Kier alpha value is -0.580. The SMILES string of the molecule is OCCc1ccc(NC(=S)S)cc1. The zero-order valence-corrected chi connectivity index (χ0v) is 8.74. The second-order valence-corrected chi connectivity index (χ2v) is 3.76. The molecule has 0 atom stereocenters. The molecule has 1 aromatic carbocycles. The summed E-state index contributed by atoms with van der Waals surface area (Å²) in [5.74, 6) is 0. The first-order valence-corrected chi connectivity index (χ1v) is 4.77. The molecular weight excluding hydrogens is 202 g/mol. The van der Waals surface area contributed by atoms with E-state index in [2.05, 4.69) is 17.9 Å². The van der Waals surface area contributed by atoms with Crippen molar-refractivity contribution >= 4 is 34.9 Å². The third-order valence-corrected chi connectivity index (χ3v) is 1.82. The van der Waals surface area contributed by atoms with Gasteiger partial charge in [0.1, 0.15) is 4.32 Å². The second-order valence-electron chi connectivity index (χ2n) is 2.60. The highest BCUT2D eigenvalue weighted by atomic mass is 32.1. The highest BCUT2D eigenvalue weighted by Gasteiger charge is 1.94. The molecule has 0 unspecified atom stereocenters. The first-order valence-electron chi connectivity index (χ1n) is 3.92. The van der Waals surface area contributed by atoms with Gasteiger partial charge < -0.3 is 10.4 Å². The van der Waals surface area contributed by atoms with Crippen molar-refractivity contribution in [3.05, 3.63) is 29.8 Å². The van der Waals surface area contributed by atoms with Crippen molar-refractivity contribution < 1.29 is 5.11 Å². The van der Waals surface area contributed by atoms with Crippen LogP contribution in [-0.2, 0) is 6.42 Å². The largest absolute Gasteiger partial charge is 0.396 e. The van der Waals surface area contributed by atoms with Crippen LogP contribution in [-0.4, -0.2) is 16.0 Å². The lowest BCUT2D eigenvalue weighted by Crippen LogP contribution is -2.00. The second kappa shape index (κ2) is 5.21. The van der Waals surface area contributed by atoms with Crippen LogP contribution >= 0.6 is 24.8 Å². The zero-order chi connectivity index (χ0) is 9.68. The van der Waals surface area contributed by atoms with Crippen LogP contribution in [0.15, 0.2) is 24.3 Å². The maximum absolute atomic E-state index is 8.69. The van der Waals surface area contributed by atoms with Gasteiger partial charge in [-0.3, -0.25) is 0 Å². The number of hydrogen-bond acceptors (Lipinski definition) is 2. The molecule has 0 bridgehead atoms. The summed E-state index contributed by atoms with van der Waals surface area (Å²) in [5.41, 5.74) is 2.03. The van der Waals surface area contributed by atoms with Gasteiger partial charge >= 0.3 is 0 Å². The summed E-state index contributed by atoms with van der Waals surface area (Å²) in [4.78, 5) is 0. The minimum absolute atomic E-state index is 0.178. The van der Waals surface area contributed by atoms with Crippen LogP contribution in [0.5, 0.6) is 0 Å². The fourth-order valence-corrected chi connectivity index (χ4v) is 1.25. The van der Waals surface area contributed by atoms with E-state index in [0.29, 0.717) is 10.7 Å². The fourth-order valence-electron chi connectivity index (χ4n) is 1.01. The Morgan fingerprint density at radius 1 is 1.38 bits per heavy atom. The minimum Gasteiger partial charge on any atom is -0.396 e. The van der Waals surface area contributed by atoms with E-state index in [9.17, 15) is 0 Å². The van der Waals surface area contributed by atoms with E-state index >= 15 is 0 Å². The first kappa shape index (κ1) is 10.5. The number of thiol groups is 1. The Bertz CT molecular complexity index is 284. The predicted octanol–water partition coefficient (Wildman–Crippen LogP) is 1.85. The number of nitrogens with one attached hydrogen (secondary N) is 1. The summed E-state index contributed by atoms with van der Waals surface area (Å²) in [7, 11) is 0. The smallest absolute Gasteiger partial charge is 0.135 e. The van der Waals surface area contributed by atoms with Gasteiger partial charge in [0.15, 0.2) is 0 Å². The quantitative estimate of drug-likeness (QED) is 0.529. The lowest BCUT2D eigenvalue weighted by atomic mass is 10.1. The van der Waals surface area contributed by atoms with E-state index in [0.717, 1.165) is 11.3 Å². The van der Waals surface area contributed by atoms with Gasteiger partial charge in [-0.25, -0.2) is 0 Å². The van der Waals surface area contributed by atoms with Crippen molar-refractivity contribution in [2.75, 3.05) is 11.9 Å². The maximum atomic E-state index is 8.69. The number of hydrogen-bond donors (Lipinski definition) is 3. The molecule has 0 radical (unpaired) electrons. The number of benzene rings is 1. The molecule has 0 heterocycles. The number of rotatable bonds is 3. The minimum atomic E-state index is 0.178. The van der Waals surface area contributed by atoms with Crippen LogP contribution in [0.2, 0.25) is 0 Å². The molecule has 0 aromatic heterocycles. The van der Waals surface area contributed by atoms with Crippen LogP contribution in [0.4, 0.5) is 5.69 Å². The van der Waals surface area contributed by atoms with E-state index < -0.39 is 0 Å². The highest BCUT2D eigenvalue weighted by Crippen LogP contribution is 2.10. The van der Waals surface area contributed by atoms with Crippen molar-refractivity contribution in [1.29, 1.82) is 0 Å². The van der Waals surface area contributed by atoms with Crippen LogP contribution in [0.1, 0.15) is 5.56 Å². The topological polar surface area (TPSA) is 32.3 Å². The molecule has 13 heavy (non-hydrogen) atoms. The van der Waals surface area contributed by atoms with Crippen molar-refractivity contribution in [2.24, 2.45) is 0 Å². The summed E-state index contributed by atoms with van der Waals surface area (Å²) in [6.45, 7) is 0.178. The standard InChI is InChI=1S/C9H11NOS2/c11-6-5-7-1-3-8(4-2-7)10-9(12)13/h1-4,11H,5-6H2,(H2,10,12,13). The number of aliphatic hydroxyl groups excluding tert-OH is 1. The van der Waals surface area contributed by atoms with Gasteiger partial charge in [0.05, 0.1) is 0 Å². The molecule has 0 amide bonds. The number of thiocarbonyl (C=S) groups is 1. The van der Waals surface area contributed by atoms with Gasteiger partial charge in [-0.05, 0) is 24.1 Å². The van der Waals surface area contributed by atoms with Gasteiger partial charge in [0.2, 0.25) is 0 Å². The van der Waals surface area contributed by atoms with E-state index in [1.165, 1.54) is 0 Å². The van der Waals surface area contributed by atoms with Gasteiger partial charge in [-0.15, -0.1) is 12.6 Å². The summed E-state index contributed by atoms with van der Waals surface area (Å²) in [5, 5.41) is 11.6. The Morgan fingerprint density at radius 2 is 2.00 bits per heavy atom. The van der Waals surface area contributed by atoms with Crippen LogP contribution in [0.25, 0.3) is 0 Å². The average molecular weight is 213 g/mol. The Labute approximate surface area is 88.4 Å². The summed E-state index contributed by atoms with van der Waals surface area (Å²) >= 11 is 8.73. The molecule has 0 aliphatic carbocycles. The first-order chi connectivity index (χ1) is 6.22. The monoisotopic (exact) mass is 213 g/mol. The highest BCUT2D eigenvalue weighted by molar-refractivity contribution is 8.11. The molecule has 2 N–H and O–H groups in total. The third kappa shape index (κ3) is 3.76.